The Morgan fingerprint density at radius 2 is 1.90 bits per heavy atom. The lowest BCUT2D eigenvalue weighted by atomic mass is 10.1. The van der Waals surface area contributed by atoms with Gasteiger partial charge in [0.25, 0.3) is 0 Å². The van der Waals surface area contributed by atoms with Crippen LogP contribution in [0.5, 0.6) is 5.75 Å². The third kappa shape index (κ3) is 4.78. The molecule has 1 fully saturated rings. The fourth-order valence-corrected chi connectivity index (χ4v) is 3.45. The third-order valence-electron chi connectivity index (χ3n) is 4.68. The minimum Gasteiger partial charge on any atom is -0.492 e. The topological polar surface area (TPSA) is 59.5 Å². The van der Waals surface area contributed by atoms with Crippen LogP contribution in [0, 0.1) is 0 Å². The highest BCUT2D eigenvalue weighted by molar-refractivity contribution is 6.32. The van der Waals surface area contributed by atoms with Gasteiger partial charge in [0.2, 0.25) is 5.95 Å². The largest absolute Gasteiger partial charge is 0.492 e. The molecule has 0 aliphatic carbocycles. The first kappa shape index (κ1) is 19.5. The number of halogens is 1. The van der Waals surface area contributed by atoms with Crippen LogP contribution in [0.2, 0.25) is 5.02 Å². The van der Waals surface area contributed by atoms with Crippen LogP contribution in [0.25, 0.3) is 11.3 Å². The van der Waals surface area contributed by atoms with Crippen molar-refractivity contribution in [2.75, 3.05) is 43.1 Å². The molecule has 29 heavy (non-hydrogen) atoms. The molecule has 0 bridgehead atoms. The first-order valence-electron chi connectivity index (χ1n) is 9.68. The van der Waals surface area contributed by atoms with Gasteiger partial charge in [-0.15, -0.1) is 0 Å². The Balaban J connectivity index is 1.48. The third-order valence-corrected chi connectivity index (χ3v) is 4.98. The lowest BCUT2D eigenvalue weighted by molar-refractivity contribution is 0.122. The number of morpholine rings is 1. The van der Waals surface area contributed by atoms with Crippen LogP contribution in [0.3, 0.4) is 0 Å². The van der Waals surface area contributed by atoms with Crippen LogP contribution >= 0.6 is 11.6 Å². The fourth-order valence-electron chi connectivity index (χ4n) is 3.22. The van der Waals surface area contributed by atoms with E-state index in [-0.39, 0.29) is 0 Å². The van der Waals surface area contributed by atoms with E-state index in [1.807, 2.05) is 43.3 Å². The molecule has 6 nitrogen and oxygen atoms in total. The molecule has 0 atom stereocenters. The summed E-state index contributed by atoms with van der Waals surface area (Å²) in [5.74, 6) is 1.21. The monoisotopic (exact) mass is 410 g/mol. The van der Waals surface area contributed by atoms with Gasteiger partial charge < -0.3 is 19.7 Å². The normalized spacial score (nSPS) is 13.9. The minimum atomic E-state index is 0.534. The van der Waals surface area contributed by atoms with Crippen molar-refractivity contribution < 1.29 is 9.47 Å². The highest BCUT2D eigenvalue weighted by Gasteiger charge is 2.11. The Morgan fingerprint density at radius 3 is 2.62 bits per heavy atom. The summed E-state index contributed by atoms with van der Waals surface area (Å²) >= 11 is 6.31. The van der Waals surface area contributed by atoms with E-state index in [4.69, 9.17) is 21.1 Å². The van der Waals surface area contributed by atoms with Gasteiger partial charge in [-0.25, -0.2) is 9.97 Å². The summed E-state index contributed by atoms with van der Waals surface area (Å²) in [6.07, 6.45) is 1.73. The fraction of sp³-hybridized carbons (Fsp3) is 0.273. The summed E-state index contributed by atoms with van der Waals surface area (Å²) < 4.78 is 10.9. The predicted molar refractivity (Wildman–Crippen MR) is 116 cm³/mol. The van der Waals surface area contributed by atoms with Crippen molar-refractivity contribution in [2.45, 2.75) is 6.92 Å². The van der Waals surface area contributed by atoms with Crippen molar-refractivity contribution >= 4 is 28.9 Å². The lowest BCUT2D eigenvalue weighted by Gasteiger charge is -2.28. The van der Waals surface area contributed by atoms with Gasteiger partial charge in [0, 0.05) is 36.2 Å². The van der Waals surface area contributed by atoms with Crippen molar-refractivity contribution in [1.29, 1.82) is 0 Å². The number of nitrogens with one attached hydrogen (secondary N) is 1. The van der Waals surface area contributed by atoms with E-state index >= 15 is 0 Å². The van der Waals surface area contributed by atoms with Crippen LogP contribution in [0.1, 0.15) is 6.92 Å². The second-order valence-electron chi connectivity index (χ2n) is 6.61. The molecule has 0 amide bonds. The van der Waals surface area contributed by atoms with Gasteiger partial charge in [-0.3, -0.25) is 0 Å². The molecule has 7 heteroatoms. The minimum absolute atomic E-state index is 0.534. The number of nitrogens with zero attached hydrogens (tertiary/aromatic N) is 3. The maximum Gasteiger partial charge on any atom is 0.227 e. The van der Waals surface area contributed by atoms with E-state index in [1.54, 1.807) is 6.20 Å². The summed E-state index contributed by atoms with van der Waals surface area (Å²) in [6.45, 7) is 5.89. The van der Waals surface area contributed by atoms with Gasteiger partial charge in [-0.05, 0) is 55.5 Å². The Bertz CT molecular complexity index is 959. The van der Waals surface area contributed by atoms with Gasteiger partial charge >= 0.3 is 0 Å². The van der Waals surface area contributed by atoms with E-state index in [0.717, 1.165) is 43.2 Å². The zero-order chi connectivity index (χ0) is 20.1. The number of hydrogen-bond donors (Lipinski definition) is 1. The van der Waals surface area contributed by atoms with Crippen molar-refractivity contribution in [2.24, 2.45) is 0 Å². The number of hydrogen-bond acceptors (Lipinski definition) is 6. The molecule has 2 aromatic carbocycles. The average Bonchev–Trinajstić information content (AvgIpc) is 2.77. The number of aromatic nitrogens is 2. The van der Waals surface area contributed by atoms with Gasteiger partial charge in [0.15, 0.2) is 0 Å². The quantitative estimate of drug-likeness (QED) is 0.631. The molecule has 150 valence electrons. The molecule has 0 saturated carbocycles. The van der Waals surface area contributed by atoms with E-state index in [1.165, 1.54) is 5.69 Å². The van der Waals surface area contributed by atoms with Crippen molar-refractivity contribution in [3.05, 3.63) is 59.8 Å². The van der Waals surface area contributed by atoms with Gasteiger partial charge in [0.05, 0.1) is 30.5 Å². The van der Waals surface area contributed by atoms with E-state index in [0.29, 0.717) is 23.3 Å². The molecule has 0 radical (unpaired) electrons. The van der Waals surface area contributed by atoms with E-state index < -0.39 is 0 Å². The zero-order valence-corrected chi connectivity index (χ0v) is 17.0. The summed E-state index contributed by atoms with van der Waals surface area (Å²) in [7, 11) is 0. The Kier molecular flexibility index (Phi) is 6.12. The molecule has 1 saturated heterocycles. The smallest absolute Gasteiger partial charge is 0.227 e. The molecular weight excluding hydrogens is 388 g/mol. The molecular formula is C22H23ClN4O2. The van der Waals surface area contributed by atoms with Gasteiger partial charge in [-0.1, -0.05) is 11.6 Å². The number of benzene rings is 2. The Morgan fingerprint density at radius 1 is 1.10 bits per heavy atom. The summed E-state index contributed by atoms with van der Waals surface area (Å²) in [4.78, 5) is 11.3. The second-order valence-corrected chi connectivity index (χ2v) is 7.02. The van der Waals surface area contributed by atoms with Crippen molar-refractivity contribution in [1.82, 2.24) is 9.97 Å². The van der Waals surface area contributed by atoms with Crippen LogP contribution in [0.15, 0.2) is 54.7 Å². The van der Waals surface area contributed by atoms with Crippen molar-refractivity contribution in [3.8, 4) is 17.0 Å². The molecule has 1 aliphatic rings. The molecule has 2 heterocycles. The lowest BCUT2D eigenvalue weighted by Crippen LogP contribution is -2.36. The average molecular weight is 411 g/mol. The van der Waals surface area contributed by atoms with Gasteiger partial charge in [0.1, 0.15) is 5.75 Å². The van der Waals surface area contributed by atoms with E-state index in [9.17, 15) is 0 Å². The number of ether oxygens (including phenoxy) is 2. The molecule has 0 spiro atoms. The Hall–Kier alpha value is -2.83. The maximum absolute atomic E-state index is 6.31. The molecule has 3 aromatic rings. The summed E-state index contributed by atoms with van der Waals surface area (Å²) in [6, 6.07) is 15.8. The maximum atomic E-state index is 6.31. The first-order valence-corrected chi connectivity index (χ1v) is 10.1. The van der Waals surface area contributed by atoms with E-state index in [2.05, 4.69) is 32.3 Å². The molecule has 1 aliphatic heterocycles. The summed E-state index contributed by atoms with van der Waals surface area (Å²) in [5.41, 5.74) is 3.82. The zero-order valence-electron chi connectivity index (χ0n) is 16.3. The number of anilines is 3. The summed E-state index contributed by atoms with van der Waals surface area (Å²) in [5, 5.41) is 3.83. The van der Waals surface area contributed by atoms with Crippen LogP contribution in [0.4, 0.5) is 17.3 Å². The SMILES string of the molecule is CCOc1ccc(-c2ccnc(Nc3ccc(N4CCOCC4)cc3)n2)cc1Cl. The number of rotatable bonds is 6. The van der Waals surface area contributed by atoms with Crippen LogP contribution in [-0.4, -0.2) is 42.9 Å². The predicted octanol–water partition coefficient (Wildman–Crippen LogP) is 4.78. The van der Waals surface area contributed by atoms with Crippen molar-refractivity contribution in [3.63, 3.8) is 0 Å². The van der Waals surface area contributed by atoms with Crippen LogP contribution in [-0.2, 0) is 4.74 Å². The van der Waals surface area contributed by atoms with Crippen LogP contribution < -0.4 is 15.0 Å². The molecule has 1 N–H and O–H groups in total. The second kappa shape index (κ2) is 9.11. The molecule has 4 rings (SSSR count). The first-order chi connectivity index (χ1) is 14.2. The van der Waals surface area contributed by atoms with Gasteiger partial charge in [-0.2, -0.15) is 0 Å². The highest BCUT2D eigenvalue weighted by Crippen LogP contribution is 2.30. The molecule has 1 aromatic heterocycles. The Labute approximate surface area is 175 Å². The highest BCUT2D eigenvalue weighted by atomic mass is 35.5. The standard InChI is InChI=1S/C22H23ClN4O2/c1-2-29-21-8-3-16(15-19(21)23)20-9-10-24-22(26-20)25-17-4-6-18(7-5-17)27-11-13-28-14-12-27/h3-10,15H,2,11-14H2,1H3,(H,24,25,26). The molecule has 0 unspecified atom stereocenters.